The first-order valence-electron chi connectivity index (χ1n) is 8.01. The molecule has 3 nitrogen and oxygen atoms in total. The average molecular weight is 300 g/mol. The number of aliphatic hydroxyl groups is 1. The van der Waals surface area contributed by atoms with Crippen LogP contribution in [0.25, 0.3) is 10.8 Å². The topological polar surface area (TPSA) is 46.5 Å². The predicted molar refractivity (Wildman–Crippen MR) is 88.5 cm³/mol. The Morgan fingerprint density at radius 3 is 2.45 bits per heavy atom. The van der Waals surface area contributed by atoms with Gasteiger partial charge in [-0.05, 0) is 42.2 Å². The lowest BCUT2D eigenvalue weighted by atomic mass is 9.67. The summed E-state index contributed by atoms with van der Waals surface area (Å²) in [7, 11) is 0. The maximum Gasteiger partial charge on any atom is 0.309 e. The highest BCUT2D eigenvalue weighted by atomic mass is 16.5. The standard InChI is InChI=1S/C17H18O3.C2H6/c1-2-20-16(18)14-10-17(19,11-14)15-8-7-12-5-3-4-6-13(12)9-15;1-2/h3-9,14,19H,2,10-11H2,1H3;1-2H3. The molecular formula is C19H24O3. The van der Waals surface area contributed by atoms with Gasteiger partial charge in [-0.25, -0.2) is 0 Å². The number of ether oxygens (including phenoxy) is 1. The number of hydrogen-bond donors (Lipinski definition) is 1. The maximum absolute atomic E-state index is 11.6. The van der Waals surface area contributed by atoms with Crippen LogP contribution in [0.15, 0.2) is 42.5 Å². The monoisotopic (exact) mass is 300 g/mol. The molecule has 0 amide bonds. The molecule has 3 heteroatoms. The number of hydrogen-bond acceptors (Lipinski definition) is 3. The zero-order chi connectivity index (χ0) is 16.2. The third kappa shape index (κ3) is 3.14. The van der Waals surface area contributed by atoms with Crippen LogP contribution in [0.3, 0.4) is 0 Å². The third-order valence-corrected chi connectivity index (χ3v) is 4.07. The number of carbonyl (C=O) groups excluding carboxylic acids is 1. The van der Waals surface area contributed by atoms with Gasteiger partial charge in [-0.1, -0.05) is 50.2 Å². The Labute approximate surface area is 131 Å². The molecule has 1 aliphatic rings. The fourth-order valence-corrected chi connectivity index (χ4v) is 2.90. The van der Waals surface area contributed by atoms with E-state index in [9.17, 15) is 9.90 Å². The van der Waals surface area contributed by atoms with E-state index >= 15 is 0 Å². The maximum atomic E-state index is 11.6. The van der Waals surface area contributed by atoms with E-state index < -0.39 is 5.60 Å². The van der Waals surface area contributed by atoms with Crippen LogP contribution in [-0.2, 0) is 15.1 Å². The lowest BCUT2D eigenvalue weighted by Gasteiger charge is -2.42. The molecule has 1 N–H and O–H groups in total. The molecule has 1 saturated carbocycles. The van der Waals surface area contributed by atoms with Crippen molar-refractivity contribution in [2.75, 3.05) is 6.61 Å². The van der Waals surface area contributed by atoms with Crippen molar-refractivity contribution in [3.63, 3.8) is 0 Å². The van der Waals surface area contributed by atoms with Crippen LogP contribution in [0, 0.1) is 5.92 Å². The van der Waals surface area contributed by atoms with Gasteiger partial charge >= 0.3 is 5.97 Å². The molecular weight excluding hydrogens is 276 g/mol. The first-order valence-corrected chi connectivity index (χ1v) is 8.01. The molecule has 3 rings (SSSR count). The minimum Gasteiger partial charge on any atom is -0.466 e. The third-order valence-electron chi connectivity index (χ3n) is 4.07. The predicted octanol–water partition coefficient (Wildman–Crippen LogP) is 4.03. The molecule has 0 spiro atoms. The fourth-order valence-electron chi connectivity index (χ4n) is 2.90. The minimum absolute atomic E-state index is 0.175. The Morgan fingerprint density at radius 2 is 1.82 bits per heavy atom. The SMILES string of the molecule is CC.CCOC(=O)C1CC(O)(c2ccc3ccccc3c2)C1. The number of carbonyl (C=O) groups is 1. The normalized spacial score (nSPS) is 23.2. The molecule has 0 unspecified atom stereocenters. The summed E-state index contributed by atoms with van der Waals surface area (Å²) in [5, 5.41) is 12.9. The van der Waals surface area contributed by atoms with Crippen molar-refractivity contribution in [1.29, 1.82) is 0 Å². The van der Waals surface area contributed by atoms with E-state index in [1.54, 1.807) is 6.92 Å². The highest BCUT2D eigenvalue weighted by Gasteiger charge is 2.48. The second kappa shape index (κ2) is 6.93. The molecule has 1 fully saturated rings. The lowest BCUT2D eigenvalue weighted by Crippen LogP contribution is -2.45. The van der Waals surface area contributed by atoms with Crippen LogP contribution in [0.4, 0.5) is 0 Å². The molecule has 0 radical (unpaired) electrons. The smallest absolute Gasteiger partial charge is 0.309 e. The van der Waals surface area contributed by atoms with Crippen LogP contribution in [0.1, 0.15) is 39.2 Å². The van der Waals surface area contributed by atoms with Gasteiger partial charge in [0, 0.05) is 0 Å². The van der Waals surface area contributed by atoms with Gasteiger partial charge in [0.2, 0.25) is 0 Å². The van der Waals surface area contributed by atoms with E-state index in [4.69, 9.17) is 4.74 Å². The fraction of sp³-hybridized carbons (Fsp3) is 0.421. The first kappa shape index (κ1) is 16.5. The van der Waals surface area contributed by atoms with E-state index in [0.717, 1.165) is 16.3 Å². The zero-order valence-corrected chi connectivity index (χ0v) is 13.5. The number of fused-ring (bicyclic) bond motifs is 1. The van der Waals surface area contributed by atoms with Crippen LogP contribution < -0.4 is 0 Å². The van der Waals surface area contributed by atoms with Crippen molar-refractivity contribution in [1.82, 2.24) is 0 Å². The van der Waals surface area contributed by atoms with Crippen LogP contribution in [0.2, 0.25) is 0 Å². The summed E-state index contributed by atoms with van der Waals surface area (Å²) in [6, 6.07) is 14.0. The van der Waals surface area contributed by atoms with Gasteiger partial charge in [0.05, 0.1) is 18.1 Å². The van der Waals surface area contributed by atoms with Crippen molar-refractivity contribution in [3.05, 3.63) is 48.0 Å². The quantitative estimate of drug-likeness (QED) is 0.871. The van der Waals surface area contributed by atoms with Gasteiger partial charge in [-0.3, -0.25) is 4.79 Å². The summed E-state index contributed by atoms with van der Waals surface area (Å²) in [6.45, 7) is 6.19. The van der Waals surface area contributed by atoms with E-state index in [2.05, 4.69) is 0 Å². The lowest BCUT2D eigenvalue weighted by molar-refractivity contribution is -0.165. The molecule has 0 saturated heterocycles. The van der Waals surface area contributed by atoms with Gasteiger partial charge in [-0.2, -0.15) is 0 Å². The molecule has 0 bridgehead atoms. The summed E-state index contributed by atoms with van der Waals surface area (Å²) in [5.41, 5.74) is -0.00156. The molecule has 2 aromatic rings. The Balaban J connectivity index is 0.000000847. The molecule has 0 aromatic heterocycles. The highest BCUT2D eigenvalue weighted by Crippen LogP contribution is 2.46. The van der Waals surface area contributed by atoms with Crippen molar-refractivity contribution >= 4 is 16.7 Å². The second-order valence-electron chi connectivity index (χ2n) is 5.45. The molecule has 118 valence electrons. The van der Waals surface area contributed by atoms with Crippen molar-refractivity contribution < 1.29 is 14.6 Å². The van der Waals surface area contributed by atoms with Crippen molar-refractivity contribution in [3.8, 4) is 0 Å². The van der Waals surface area contributed by atoms with Crippen molar-refractivity contribution in [2.45, 2.75) is 39.2 Å². The molecule has 0 aliphatic heterocycles. The van der Waals surface area contributed by atoms with Gasteiger partial charge in [0.1, 0.15) is 0 Å². The van der Waals surface area contributed by atoms with E-state index in [-0.39, 0.29) is 11.9 Å². The number of esters is 1. The van der Waals surface area contributed by atoms with Gasteiger partial charge in [-0.15, -0.1) is 0 Å². The van der Waals surface area contributed by atoms with Gasteiger partial charge < -0.3 is 9.84 Å². The molecule has 2 aromatic carbocycles. The average Bonchev–Trinajstić information content (AvgIpc) is 2.53. The Bertz CT molecular complexity index is 642. The minimum atomic E-state index is -0.887. The number of benzene rings is 2. The summed E-state index contributed by atoms with van der Waals surface area (Å²) in [4.78, 5) is 11.6. The highest BCUT2D eigenvalue weighted by molar-refractivity contribution is 5.83. The molecule has 22 heavy (non-hydrogen) atoms. The van der Waals surface area contributed by atoms with Crippen LogP contribution >= 0.6 is 0 Å². The summed E-state index contributed by atoms with van der Waals surface area (Å²) >= 11 is 0. The van der Waals surface area contributed by atoms with Crippen molar-refractivity contribution in [2.24, 2.45) is 5.92 Å². The molecule has 1 aliphatic carbocycles. The van der Waals surface area contributed by atoms with Gasteiger partial charge in [0.15, 0.2) is 0 Å². The Kier molecular flexibility index (Phi) is 5.19. The Morgan fingerprint density at radius 1 is 1.18 bits per heavy atom. The second-order valence-corrected chi connectivity index (χ2v) is 5.45. The first-order chi connectivity index (χ1) is 10.6. The van der Waals surface area contributed by atoms with E-state index in [0.29, 0.717) is 19.4 Å². The van der Waals surface area contributed by atoms with E-state index in [1.165, 1.54) is 0 Å². The summed E-state index contributed by atoms with van der Waals surface area (Å²) in [6.07, 6.45) is 0.897. The largest absolute Gasteiger partial charge is 0.466 e. The van der Waals surface area contributed by atoms with Crippen LogP contribution in [-0.4, -0.2) is 17.7 Å². The zero-order valence-electron chi connectivity index (χ0n) is 13.5. The molecule has 0 heterocycles. The van der Waals surface area contributed by atoms with Gasteiger partial charge in [0.25, 0.3) is 0 Å². The van der Waals surface area contributed by atoms with Crippen LogP contribution in [0.5, 0.6) is 0 Å². The summed E-state index contributed by atoms with van der Waals surface area (Å²) in [5.74, 6) is -0.371. The molecule has 0 atom stereocenters. The number of rotatable bonds is 3. The van der Waals surface area contributed by atoms with E-state index in [1.807, 2.05) is 56.3 Å². The Hall–Kier alpha value is -1.87. The summed E-state index contributed by atoms with van der Waals surface area (Å²) < 4.78 is 5.00.